The number of carboxylic acids is 1. The minimum atomic E-state index is -0.979. The molecule has 0 unspecified atom stereocenters. The maximum absolute atomic E-state index is 10.5. The Morgan fingerprint density at radius 1 is 1.33 bits per heavy atom. The third kappa shape index (κ3) is 2.00. The molecule has 0 radical (unpaired) electrons. The summed E-state index contributed by atoms with van der Waals surface area (Å²) >= 11 is 12.0. The molecule has 0 spiro atoms. The number of carboxylic acid groups (broad SMARTS) is 1. The van der Waals surface area contributed by atoms with Gasteiger partial charge in [-0.3, -0.25) is 0 Å². The number of hydrogen-bond donors (Lipinski definition) is 1. The van der Waals surface area contributed by atoms with Crippen LogP contribution in [0.5, 0.6) is 0 Å². The highest BCUT2D eigenvalue weighted by molar-refractivity contribution is 9.11. The first-order valence-corrected chi connectivity index (χ1v) is 4.86. The fourth-order valence-corrected chi connectivity index (χ4v) is 1.97. The molecule has 0 heterocycles. The van der Waals surface area contributed by atoms with Crippen LogP contribution in [0, 0.1) is 0 Å². The van der Waals surface area contributed by atoms with Crippen molar-refractivity contribution in [2.45, 2.75) is 0 Å². The molecule has 0 saturated heterocycles. The maximum atomic E-state index is 10.5. The van der Waals surface area contributed by atoms with E-state index in [2.05, 4.69) is 31.9 Å². The molecule has 0 bridgehead atoms. The van der Waals surface area contributed by atoms with Crippen LogP contribution in [0.2, 0.25) is 5.02 Å². The van der Waals surface area contributed by atoms with Crippen molar-refractivity contribution in [2.24, 2.45) is 0 Å². The number of hydrogen-bond acceptors (Lipinski definition) is 1. The SMILES string of the molecule is O=C(O)c1cc(Br)c(Cl)c(Br)c1. The summed E-state index contributed by atoms with van der Waals surface area (Å²) in [5, 5.41) is 9.11. The Morgan fingerprint density at radius 2 is 1.75 bits per heavy atom. The average molecular weight is 314 g/mol. The van der Waals surface area contributed by atoms with E-state index >= 15 is 0 Å². The summed E-state index contributed by atoms with van der Waals surface area (Å²) in [6, 6.07) is 2.91. The monoisotopic (exact) mass is 312 g/mol. The van der Waals surface area contributed by atoms with Crippen molar-refractivity contribution in [3.63, 3.8) is 0 Å². The zero-order valence-corrected chi connectivity index (χ0v) is 9.57. The van der Waals surface area contributed by atoms with Gasteiger partial charge in [0.1, 0.15) is 0 Å². The second-order valence-corrected chi connectivity index (χ2v) is 4.15. The second kappa shape index (κ2) is 3.77. The Morgan fingerprint density at radius 3 is 2.08 bits per heavy atom. The molecule has 0 atom stereocenters. The Kier molecular flexibility index (Phi) is 3.15. The molecule has 64 valence electrons. The lowest BCUT2D eigenvalue weighted by atomic mass is 10.2. The van der Waals surface area contributed by atoms with E-state index in [1.807, 2.05) is 0 Å². The third-order valence-corrected chi connectivity index (χ3v) is 3.35. The fraction of sp³-hybridized carbons (Fsp3) is 0. The van der Waals surface area contributed by atoms with Crippen molar-refractivity contribution in [1.82, 2.24) is 0 Å². The van der Waals surface area contributed by atoms with Crippen LogP contribution >= 0.6 is 43.5 Å². The molecular weight excluding hydrogens is 311 g/mol. The summed E-state index contributed by atoms with van der Waals surface area (Å²) in [5.74, 6) is -0.979. The van der Waals surface area contributed by atoms with Gasteiger partial charge in [-0.1, -0.05) is 11.6 Å². The molecular formula is C7H3Br2ClO2. The Hall–Kier alpha value is -0.0600. The first-order chi connectivity index (χ1) is 5.52. The predicted octanol–water partition coefficient (Wildman–Crippen LogP) is 3.56. The minimum absolute atomic E-state index is 0.193. The smallest absolute Gasteiger partial charge is 0.335 e. The largest absolute Gasteiger partial charge is 0.478 e. The number of aromatic carboxylic acids is 1. The Balaban J connectivity index is 3.31. The van der Waals surface area contributed by atoms with Crippen molar-refractivity contribution < 1.29 is 9.90 Å². The van der Waals surface area contributed by atoms with Crippen LogP contribution in [0.25, 0.3) is 0 Å². The molecule has 0 aliphatic carbocycles. The first-order valence-electron chi connectivity index (χ1n) is 2.90. The Bertz CT molecular complexity index is 315. The topological polar surface area (TPSA) is 37.3 Å². The van der Waals surface area contributed by atoms with Crippen LogP contribution in [0.1, 0.15) is 10.4 Å². The molecule has 0 saturated carbocycles. The second-order valence-electron chi connectivity index (χ2n) is 2.06. The van der Waals surface area contributed by atoms with Crippen molar-refractivity contribution in [3.8, 4) is 0 Å². The van der Waals surface area contributed by atoms with Crippen LogP contribution in [0.3, 0.4) is 0 Å². The number of rotatable bonds is 1. The fourth-order valence-electron chi connectivity index (χ4n) is 0.679. The van der Waals surface area contributed by atoms with Crippen LogP contribution < -0.4 is 0 Å². The van der Waals surface area contributed by atoms with Crippen molar-refractivity contribution in [2.75, 3.05) is 0 Å². The van der Waals surface area contributed by atoms with Gasteiger partial charge < -0.3 is 5.11 Å². The molecule has 0 aliphatic rings. The van der Waals surface area contributed by atoms with Crippen molar-refractivity contribution in [1.29, 1.82) is 0 Å². The maximum Gasteiger partial charge on any atom is 0.335 e. The van der Waals surface area contributed by atoms with Crippen LogP contribution in [0.15, 0.2) is 21.1 Å². The van der Waals surface area contributed by atoms with E-state index in [-0.39, 0.29) is 5.56 Å². The summed E-state index contributed by atoms with van der Waals surface area (Å²) in [6.45, 7) is 0. The molecule has 0 aliphatic heterocycles. The van der Waals surface area contributed by atoms with E-state index in [1.54, 1.807) is 0 Å². The quantitative estimate of drug-likeness (QED) is 0.805. The van der Waals surface area contributed by atoms with Crippen LogP contribution in [0.4, 0.5) is 0 Å². The van der Waals surface area contributed by atoms with Gasteiger partial charge in [0.2, 0.25) is 0 Å². The van der Waals surface area contributed by atoms with Crippen LogP contribution in [-0.4, -0.2) is 11.1 Å². The molecule has 1 N–H and O–H groups in total. The first kappa shape index (κ1) is 10.0. The van der Waals surface area contributed by atoms with E-state index in [0.29, 0.717) is 14.0 Å². The van der Waals surface area contributed by atoms with E-state index in [9.17, 15) is 4.79 Å². The van der Waals surface area contributed by atoms with Gasteiger partial charge in [0.25, 0.3) is 0 Å². The zero-order valence-electron chi connectivity index (χ0n) is 5.64. The van der Waals surface area contributed by atoms with E-state index in [4.69, 9.17) is 16.7 Å². The van der Waals surface area contributed by atoms with E-state index in [0.717, 1.165) is 0 Å². The van der Waals surface area contributed by atoms with Crippen LogP contribution in [-0.2, 0) is 0 Å². The number of benzene rings is 1. The number of carbonyl (C=O) groups is 1. The van der Waals surface area contributed by atoms with Gasteiger partial charge in [-0.05, 0) is 44.0 Å². The van der Waals surface area contributed by atoms with Gasteiger partial charge in [-0.2, -0.15) is 0 Å². The molecule has 5 heteroatoms. The highest BCUT2D eigenvalue weighted by Crippen LogP contribution is 2.31. The lowest BCUT2D eigenvalue weighted by molar-refractivity contribution is 0.0696. The van der Waals surface area contributed by atoms with Gasteiger partial charge in [0, 0.05) is 8.95 Å². The highest BCUT2D eigenvalue weighted by atomic mass is 79.9. The predicted molar refractivity (Wildman–Crippen MR) is 53.8 cm³/mol. The minimum Gasteiger partial charge on any atom is -0.478 e. The van der Waals surface area contributed by atoms with Gasteiger partial charge in [-0.25, -0.2) is 4.79 Å². The molecule has 2 nitrogen and oxygen atoms in total. The molecule has 1 rings (SSSR count). The van der Waals surface area contributed by atoms with Gasteiger partial charge in [0.15, 0.2) is 0 Å². The molecule has 0 aromatic heterocycles. The zero-order chi connectivity index (χ0) is 9.30. The molecule has 12 heavy (non-hydrogen) atoms. The number of halogens is 3. The normalized spacial score (nSPS) is 9.92. The summed E-state index contributed by atoms with van der Waals surface area (Å²) in [4.78, 5) is 10.5. The molecule has 0 fully saturated rings. The molecule has 1 aromatic carbocycles. The lowest BCUT2D eigenvalue weighted by Gasteiger charge is -2.00. The average Bonchev–Trinajstić information content (AvgIpc) is 1.99. The van der Waals surface area contributed by atoms with Gasteiger partial charge in [-0.15, -0.1) is 0 Å². The standard InChI is InChI=1S/C7H3Br2ClO2/c8-4-1-3(7(11)12)2-5(9)6(4)10/h1-2H,(H,11,12). The van der Waals surface area contributed by atoms with E-state index in [1.165, 1.54) is 12.1 Å². The highest BCUT2D eigenvalue weighted by Gasteiger charge is 2.09. The Labute approximate surface area is 90.8 Å². The summed E-state index contributed by atoms with van der Waals surface area (Å²) in [7, 11) is 0. The third-order valence-electron chi connectivity index (χ3n) is 1.23. The van der Waals surface area contributed by atoms with Crippen molar-refractivity contribution >= 4 is 49.4 Å². The lowest BCUT2D eigenvalue weighted by Crippen LogP contribution is -1.95. The van der Waals surface area contributed by atoms with Gasteiger partial charge in [0.05, 0.1) is 10.6 Å². The summed E-state index contributed by atoms with van der Waals surface area (Å²) in [6.07, 6.45) is 0. The summed E-state index contributed by atoms with van der Waals surface area (Å²) in [5.41, 5.74) is 0.193. The van der Waals surface area contributed by atoms with Gasteiger partial charge >= 0.3 is 5.97 Å². The van der Waals surface area contributed by atoms with Crippen molar-refractivity contribution in [3.05, 3.63) is 31.7 Å². The molecule has 0 amide bonds. The summed E-state index contributed by atoms with van der Waals surface area (Å²) < 4.78 is 1.13. The van der Waals surface area contributed by atoms with E-state index < -0.39 is 5.97 Å². The molecule has 1 aromatic rings.